The molecule has 3 aliphatic rings. The number of rotatable bonds is 9. The van der Waals surface area contributed by atoms with Crippen molar-refractivity contribution < 1.29 is 19.4 Å². The summed E-state index contributed by atoms with van der Waals surface area (Å²) < 4.78 is 11.6. The molecule has 9 nitrogen and oxygen atoms in total. The summed E-state index contributed by atoms with van der Waals surface area (Å²) in [5.41, 5.74) is 11.3. The largest absolute Gasteiger partial charge is 0.493 e. The number of aromatic nitrogens is 3. The summed E-state index contributed by atoms with van der Waals surface area (Å²) in [5, 5.41) is 10.1. The fourth-order valence-electron chi connectivity index (χ4n) is 7.64. The molecule has 9 heteroatoms. The second kappa shape index (κ2) is 14.0. The van der Waals surface area contributed by atoms with Crippen LogP contribution in [0.3, 0.4) is 0 Å². The fraction of sp³-hybridized carbons (Fsp3) is 0.436. The van der Waals surface area contributed by atoms with Gasteiger partial charge in [0.1, 0.15) is 17.9 Å². The fourth-order valence-corrected chi connectivity index (χ4v) is 7.64. The first-order valence-electron chi connectivity index (χ1n) is 17.2. The van der Waals surface area contributed by atoms with Gasteiger partial charge in [0.2, 0.25) is 0 Å². The average Bonchev–Trinajstić information content (AvgIpc) is 3.09. The quantitative estimate of drug-likeness (QED) is 0.228. The summed E-state index contributed by atoms with van der Waals surface area (Å²) >= 11 is 0. The number of carboxylic acid groups (broad SMARTS) is 1. The van der Waals surface area contributed by atoms with Gasteiger partial charge in [-0.2, -0.15) is 0 Å². The van der Waals surface area contributed by atoms with E-state index in [0.29, 0.717) is 12.5 Å². The average molecular weight is 648 g/mol. The topological polar surface area (TPSA) is 101 Å². The van der Waals surface area contributed by atoms with Crippen molar-refractivity contribution in [2.24, 2.45) is 5.92 Å². The predicted molar refractivity (Wildman–Crippen MR) is 186 cm³/mol. The van der Waals surface area contributed by atoms with Crippen LogP contribution >= 0.6 is 0 Å². The Morgan fingerprint density at radius 3 is 2.56 bits per heavy atom. The van der Waals surface area contributed by atoms with Crippen molar-refractivity contribution in [3.63, 3.8) is 0 Å². The van der Waals surface area contributed by atoms with Crippen molar-refractivity contribution in [2.75, 3.05) is 44.9 Å². The van der Waals surface area contributed by atoms with E-state index in [2.05, 4.69) is 63.2 Å². The Balaban J connectivity index is 1.34. The third-order valence-corrected chi connectivity index (χ3v) is 10.1. The Labute approximate surface area is 283 Å². The van der Waals surface area contributed by atoms with Gasteiger partial charge >= 0.3 is 5.97 Å². The van der Waals surface area contributed by atoms with Crippen molar-refractivity contribution in [3.8, 4) is 28.0 Å². The molecule has 0 unspecified atom stereocenters. The summed E-state index contributed by atoms with van der Waals surface area (Å²) in [6.45, 7) is 9.60. The van der Waals surface area contributed by atoms with Gasteiger partial charge in [0, 0.05) is 62.4 Å². The van der Waals surface area contributed by atoms with Gasteiger partial charge in [-0.05, 0) is 110 Å². The Hall–Kier alpha value is -4.34. The molecule has 0 amide bonds. The van der Waals surface area contributed by atoms with E-state index >= 15 is 0 Å². The van der Waals surface area contributed by atoms with E-state index in [0.717, 1.165) is 128 Å². The highest BCUT2D eigenvalue weighted by Crippen LogP contribution is 2.42. The first-order valence-corrected chi connectivity index (χ1v) is 17.2. The van der Waals surface area contributed by atoms with E-state index < -0.39 is 5.97 Å². The number of carboxylic acids is 1. The molecule has 1 N–H and O–H groups in total. The van der Waals surface area contributed by atoms with Gasteiger partial charge in [0.05, 0.1) is 18.7 Å². The number of ether oxygens (including phenoxy) is 2. The van der Waals surface area contributed by atoms with Gasteiger partial charge < -0.3 is 24.4 Å². The third-order valence-electron chi connectivity index (χ3n) is 10.1. The molecule has 4 aromatic rings. The first kappa shape index (κ1) is 32.2. The highest BCUT2D eigenvalue weighted by atomic mass is 16.5. The van der Waals surface area contributed by atoms with Crippen molar-refractivity contribution in [3.05, 3.63) is 88.1 Å². The number of carbonyl (C=O) groups is 1. The number of aliphatic carboxylic acids is 1. The van der Waals surface area contributed by atoms with E-state index in [-0.39, 0.29) is 6.42 Å². The lowest BCUT2D eigenvalue weighted by molar-refractivity contribution is -0.136. The molecule has 0 bridgehead atoms. The lowest BCUT2D eigenvalue weighted by Gasteiger charge is -2.31. The summed E-state index contributed by atoms with van der Waals surface area (Å²) in [5.74, 6) is 1.60. The Bertz CT molecular complexity index is 1820. The molecule has 48 heavy (non-hydrogen) atoms. The number of aryl methyl sites for hydroxylation is 3. The van der Waals surface area contributed by atoms with Crippen LogP contribution in [-0.4, -0.2) is 70.9 Å². The summed E-state index contributed by atoms with van der Waals surface area (Å²) in [4.78, 5) is 31.1. The molecule has 1 saturated heterocycles. The SMILES string of the molecule is Cc1cc(N2CCc3cc(-c4c(CN(C)CC5CCOCC5)nc(C)c(CC(=O)O)c4-c4ccc5c(c4)CCCO5)ccc3C2)ncn1. The van der Waals surface area contributed by atoms with Crippen LogP contribution in [0.4, 0.5) is 5.82 Å². The second-order valence-corrected chi connectivity index (χ2v) is 13.6. The van der Waals surface area contributed by atoms with E-state index in [1.807, 2.05) is 19.9 Å². The maximum absolute atomic E-state index is 12.3. The minimum Gasteiger partial charge on any atom is -0.493 e. The van der Waals surface area contributed by atoms with Crippen molar-refractivity contribution in [1.82, 2.24) is 19.9 Å². The smallest absolute Gasteiger partial charge is 0.307 e. The summed E-state index contributed by atoms with van der Waals surface area (Å²) in [7, 11) is 2.17. The standard InChI is InChI=1S/C39H45N5O4/c1-25-17-36(41-24-40-25)44-13-10-28-18-31(6-7-32(28)22-44)39-34(23-43(3)21-27-11-15-47-16-12-27)42-26(2)33(20-37(45)46)38(39)30-8-9-35-29(19-30)5-4-14-48-35/h6-9,17-19,24,27H,4-5,10-16,20-23H2,1-3H3,(H,45,46). The van der Waals surface area contributed by atoms with Gasteiger partial charge in [-0.1, -0.05) is 24.3 Å². The Kier molecular flexibility index (Phi) is 9.41. The van der Waals surface area contributed by atoms with Gasteiger partial charge in [0.15, 0.2) is 0 Å². The Morgan fingerprint density at radius 1 is 0.958 bits per heavy atom. The zero-order valence-corrected chi connectivity index (χ0v) is 28.3. The highest BCUT2D eigenvalue weighted by Gasteiger charge is 2.27. The number of nitrogens with zero attached hydrogens (tertiary/aromatic N) is 5. The van der Waals surface area contributed by atoms with Crippen LogP contribution in [0.2, 0.25) is 0 Å². The van der Waals surface area contributed by atoms with Crippen molar-refractivity contribution in [2.45, 2.75) is 65.5 Å². The molecular weight excluding hydrogens is 602 g/mol. The molecule has 0 aliphatic carbocycles. The van der Waals surface area contributed by atoms with Crippen LogP contribution in [0.5, 0.6) is 5.75 Å². The molecular formula is C39H45N5O4. The van der Waals surface area contributed by atoms with Gasteiger partial charge in [-0.15, -0.1) is 0 Å². The van der Waals surface area contributed by atoms with Crippen LogP contribution in [0, 0.1) is 19.8 Å². The minimum absolute atomic E-state index is 0.0921. The molecule has 0 atom stereocenters. The molecule has 0 saturated carbocycles. The van der Waals surface area contributed by atoms with Crippen LogP contribution in [0.15, 0.2) is 48.8 Å². The van der Waals surface area contributed by atoms with Crippen LogP contribution in [0.1, 0.15) is 58.6 Å². The number of anilines is 1. The number of hydrogen-bond donors (Lipinski definition) is 1. The van der Waals surface area contributed by atoms with Crippen LogP contribution in [0.25, 0.3) is 22.3 Å². The molecule has 3 aliphatic heterocycles. The lowest BCUT2D eigenvalue weighted by atomic mass is 9.85. The van der Waals surface area contributed by atoms with Gasteiger partial charge in [-0.3, -0.25) is 9.78 Å². The van der Waals surface area contributed by atoms with E-state index in [9.17, 15) is 9.90 Å². The lowest BCUT2D eigenvalue weighted by Crippen LogP contribution is -2.31. The molecule has 2 aromatic carbocycles. The maximum Gasteiger partial charge on any atom is 0.307 e. The zero-order chi connectivity index (χ0) is 33.2. The van der Waals surface area contributed by atoms with Gasteiger partial charge in [-0.25, -0.2) is 9.97 Å². The predicted octanol–water partition coefficient (Wildman–Crippen LogP) is 6.20. The number of hydrogen-bond acceptors (Lipinski definition) is 8. The zero-order valence-electron chi connectivity index (χ0n) is 28.3. The number of benzene rings is 2. The summed E-state index contributed by atoms with van der Waals surface area (Å²) in [6, 6.07) is 15.2. The van der Waals surface area contributed by atoms with E-state index in [1.54, 1.807) is 6.33 Å². The van der Waals surface area contributed by atoms with Crippen molar-refractivity contribution >= 4 is 11.8 Å². The molecule has 5 heterocycles. The summed E-state index contributed by atoms with van der Waals surface area (Å²) in [6.07, 6.45) is 6.48. The maximum atomic E-state index is 12.3. The normalized spacial score (nSPS) is 16.4. The molecule has 0 radical (unpaired) electrons. The molecule has 7 rings (SSSR count). The second-order valence-electron chi connectivity index (χ2n) is 13.6. The minimum atomic E-state index is -0.858. The Morgan fingerprint density at radius 2 is 1.75 bits per heavy atom. The van der Waals surface area contributed by atoms with E-state index in [1.165, 1.54) is 16.7 Å². The monoisotopic (exact) mass is 647 g/mol. The number of pyridine rings is 1. The third kappa shape index (κ3) is 6.93. The van der Waals surface area contributed by atoms with Crippen LogP contribution < -0.4 is 9.64 Å². The first-order chi connectivity index (χ1) is 23.3. The molecule has 1 fully saturated rings. The van der Waals surface area contributed by atoms with Gasteiger partial charge in [0.25, 0.3) is 0 Å². The molecule has 250 valence electrons. The molecule has 2 aromatic heterocycles. The highest BCUT2D eigenvalue weighted by molar-refractivity contribution is 5.90. The van der Waals surface area contributed by atoms with Crippen molar-refractivity contribution in [1.29, 1.82) is 0 Å². The molecule has 0 spiro atoms. The van der Waals surface area contributed by atoms with Crippen LogP contribution in [-0.2, 0) is 41.9 Å². The number of fused-ring (bicyclic) bond motifs is 2. The van der Waals surface area contributed by atoms with E-state index in [4.69, 9.17) is 14.5 Å².